The van der Waals surface area contributed by atoms with Crippen molar-refractivity contribution in [3.8, 4) is 0 Å². The SMILES string of the molecule is CCCCNC(=O)C(Cc1ccccc1)N(Cc1cccc(Cl)c1)C(=O)CSCc1ccc(Cl)cc1. The first-order valence-corrected chi connectivity index (χ1v) is 14.0. The molecule has 0 spiro atoms. The number of halogens is 2. The van der Waals surface area contributed by atoms with E-state index < -0.39 is 6.04 Å². The van der Waals surface area contributed by atoms with Crippen LogP contribution < -0.4 is 5.32 Å². The Hall–Kier alpha value is -2.47. The number of carbonyl (C=O) groups excluding carboxylic acids is 2. The summed E-state index contributed by atoms with van der Waals surface area (Å²) >= 11 is 13.7. The third kappa shape index (κ3) is 9.20. The first kappa shape index (κ1) is 28.1. The fourth-order valence-corrected chi connectivity index (χ4v) is 5.02. The number of nitrogens with one attached hydrogen (secondary N) is 1. The van der Waals surface area contributed by atoms with Crippen molar-refractivity contribution in [3.63, 3.8) is 0 Å². The molecule has 4 nitrogen and oxygen atoms in total. The van der Waals surface area contributed by atoms with Gasteiger partial charge in [0.25, 0.3) is 0 Å². The van der Waals surface area contributed by atoms with Crippen LogP contribution in [0.5, 0.6) is 0 Å². The number of benzene rings is 3. The summed E-state index contributed by atoms with van der Waals surface area (Å²) in [4.78, 5) is 28.7. The Balaban J connectivity index is 1.82. The molecule has 0 bridgehead atoms. The van der Waals surface area contributed by atoms with Crippen molar-refractivity contribution >= 4 is 46.8 Å². The second-order valence-electron chi connectivity index (χ2n) is 8.62. The average molecular weight is 544 g/mol. The Kier molecular flexibility index (Phi) is 11.7. The first-order valence-electron chi connectivity index (χ1n) is 12.1. The molecule has 190 valence electrons. The van der Waals surface area contributed by atoms with E-state index in [0.29, 0.717) is 35.3 Å². The summed E-state index contributed by atoms with van der Waals surface area (Å²) in [5.74, 6) is 0.724. The summed E-state index contributed by atoms with van der Waals surface area (Å²) < 4.78 is 0. The molecule has 1 atom stereocenters. The number of unbranched alkanes of at least 4 members (excludes halogenated alkanes) is 1. The maximum Gasteiger partial charge on any atom is 0.243 e. The molecule has 0 aliphatic heterocycles. The lowest BCUT2D eigenvalue weighted by atomic mass is 10.0. The fourth-order valence-electron chi connectivity index (χ4n) is 3.81. The smallest absolute Gasteiger partial charge is 0.243 e. The Labute approximate surface area is 228 Å². The van der Waals surface area contributed by atoms with Gasteiger partial charge in [-0.25, -0.2) is 0 Å². The van der Waals surface area contributed by atoms with Gasteiger partial charge in [-0.3, -0.25) is 9.59 Å². The normalized spacial score (nSPS) is 11.6. The quantitative estimate of drug-likeness (QED) is 0.242. The number of rotatable bonds is 13. The summed E-state index contributed by atoms with van der Waals surface area (Å²) in [5.41, 5.74) is 2.99. The average Bonchev–Trinajstić information content (AvgIpc) is 2.88. The van der Waals surface area contributed by atoms with Crippen LogP contribution in [0.3, 0.4) is 0 Å². The van der Waals surface area contributed by atoms with Crippen LogP contribution in [0.2, 0.25) is 10.0 Å². The molecule has 0 radical (unpaired) electrons. The highest BCUT2D eigenvalue weighted by Crippen LogP contribution is 2.20. The largest absolute Gasteiger partial charge is 0.354 e. The lowest BCUT2D eigenvalue weighted by Crippen LogP contribution is -2.51. The molecule has 3 aromatic carbocycles. The van der Waals surface area contributed by atoms with E-state index in [2.05, 4.69) is 12.2 Å². The van der Waals surface area contributed by atoms with Crippen molar-refractivity contribution in [3.05, 3.63) is 106 Å². The van der Waals surface area contributed by atoms with Crippen LogP contribution in [0.1, 0.15) is 36.5 Å². The summed E-state index contributed by atoms with van der Waals surface area (Å²) in [6.45, 7) is 2.98. The van der Waals surface area contributed by atoms with Crippen molar-refractivity contribution in [1.82, 2.24) is 10.2 Å². The van der Waals surface area contributed by atoms with Crippen molar-refractivity contribution < 1.29 is 9.59 Å². The van der Waals surface area contributed by atoms with Crippen LogP contribution in [0.15, 0.2) is 78.9 Å². The van der Waals surface area contributed by atoms with Crippen molar-refractivity contribution in [2.45, 2.75) is 44.5 Å². The number of hydrogen-bond donors (Lipinski definition) is 1. The number of thioether (sulfide) groups is 1. The van der Waals surface area contributed by atoms with Gasteiger partial charge in [-0.2, -0.15) is 0 Å². The molecule has 1 N–H and O–H groups in total. The van der Waals surface area contributed by atoms with Gasteiger partial charge >= 0.3 is 0 Å². The fraction of sp³-hybridized carbons (Fsp3) is 0.310. The van der Waals surface area contributed by atoms with Crippen molar-refractivity contribution in [2.75, 3.05) is 12.3 Å². The monoisotopic (exact) mass is 542 g/mol. The van der Waals surface area contributed by atoms with Gasteiger partial charge in [-0.15, -0.1) is 11.8 Å². The molecule has 2 amide bonds. The number of carbonyl (C=O) groups is 2. The standard InChI is InChI=1S/C29H32Cl2N2O2S/c1-2-3-16-32-29(35)27(18-22-8-5-4-6-9-22)33(19-24-10-7-11-26(31)17-24)28(34)21-36-20-23-12-14-25(30)15-13-23/h4-15,17,27H,2-3,16,18-21H2,1H3,(H,32,35). The molecular formula is C29H32Cl2N2O2S. The van der Waals surface area contributed by atoms with Crippen LogP contribution >= 0.6 is 35.0 Å². The molecule has 0 saturated heterocycles. The van der Waals surface area contributed by atoms with E-state index in [4.69, 9.17) is 23.2 Å². The van der Waals surface area contributed by atoms with Crippen molar-refractivity contribution in [2.24, 2.45) is 0 Å². The highest BCUT2D eigenvalue weighted by molar-refractivity contribution is 7.99. The van der Waals surface area contributed by atoms with Gasteiger partial charge in [-0.05, 0) is 47.4 Å². The van der Waals surface area contributed by atoms with Crippen molar-refractivity contribution in [1.29, 1.82) is 0 Å². The Morgan fingerprint density at radius 1 is 0.889 bits per heavy atom. The molecule has 3 aromatic rings. The molecule has 0 aliphatic rings. The molecule has 36 heavy (non-hydrogen) atoms. The molecule has 7 heteroatoms. The van der Waals surface area contributed by atoms with E-state index in [0.717, 1.165) is 29.5 Å². The van der Waals surface area contributed by atoms with Gasteiger partial charge in [0, 0.05) is 35.3 Å². The van der Waals surface area contributed by atoms with Crippen LogP contribution in [-0.2, 0) is 28.3 Å². The maximum atomic E-state index is 13.6. The maximum absolute atomic E-state index is 13.6. The summed E-state index contributed by atoms with van der Waals surface area (Å²) in [7, 11) is 0. The van der Waals surface area contributed by atoms with Crippen LogP contribution in [0.4, 0.5) is 0 Å². The summed E-state index contributed by atoms with van der Waals surface area (Å²) in [5, 5.41) is 4.33. The van der Waals surface area contributed by atoms with Gasteiger partial charge in [0.05, 0.1) is 5.75 Å². The lowest BCUT2D eigenvalue weighted by Gasteiger charge is -2.31. The minimum atomic E-state index is -0.633. The molecule has 0 saturated carbocycles. The molecule has 0 fully saturated rings. The summed E-state index contributed by atoms with van der Waals surface area (Å²) in [6.07, 6.45) is 2.31. The molecule has 3 rings (SSSR count). The predicted molar refractivity (Wildman–Crippen MR) is 151 cm³/mol. The lowest BCUT2D eigenvalue weighted by molar-refractivity contribution is -0.139. The van der Waals surface area contributed by atoms with Gasteiger partial charge in [0.1, 0.15) is 6.04 Å². The van der Waals surface area contributed by atoms with E-state index in [1.165, 1.54) is 11.8 Å². The number of hydrogen-bond acceptors (Lipinski definition) is 3. The number of amides is 2. The zero-order valence-corrected chi connectivity index (χ0v) is 22.8. The topological polar surface area (TPSA) is 49.4 Å². The molecular weight excluding hydrogens is 511 g/mol. The van der Waals surface area contributed by atoms with Gasteiger partial charge in [-0.1, -0.05) is 91.1 Å². The number of nitrogens with zero attached hydrogens (tertiary/aromatic N) is 1. The van der Waals surface area contributed by atoms with Gasteiger partial charge in [0.15, 0.2) is 0 Å². The third-order valence-electron chi connectivity index (χ3n) is 5.75. The van der Waals surface area contributed by atoms with E-state index in [1.54, 1.807) is 11.0 Å². The Bertz CT molecular complexity index is 1110. The highest BCUT2D eigenvalue weighted by Gasteiger charge is 2.30. The third-order valence-corrected chi connectivity index (χ3v) is 7.23. The molecule has 0 heterocycles. The predicted octanol–water partition coefficient (Wildman–Crippen LogP) is 6.78. The molecule has 1 unspecified atom stereocenters. The van der Waals surface area contributed by atoms with Crippen LogP contribution in [-0.4, -0.2) is 35.1 Å². The minimum Gasteiger partial charge on any atom is -0.354 e. The molecule has 0 aromatic heterocycles. The zero-order valence-electron chi connectivity index (χ0n) is 20.5. The van der Waals surface area contributed by atoms with Crippen LogP contribution in [0, 0.1) is 0 Å². The zero-order chi connectivity index (χ0) is 25.8. The van der Waals surface area contributed by atoms with Gasteiger partial charge < -0.3 is 10.2 Å². The van der Waals surface area contributed by atoms with E-state index >= 15 is 0 Å². The molecule has 0 aliphatic carbocycles. The first-order chi connectivity index (χ1) is 17.5. The Morgan fingerprint density at radius 2 is 1.61 bits per heavy atom. The van der Waals surface area contributed by atoms with Gasteiger partial charge in [0.2, 0.25) is 11.8 Å². The van der Waals surface area contributed by atoms with Crippen LogP contribution in [0.25, 0.3) is 0 Å². The summed E-state index contributed by atoms with van der Waals surface area (Å²) in [6, 6.07) is 24.3. The van der Waals surface area contributed by atoms with E-state index in [-0.39, 0.29) is 17.6 Å². The van der Waals surface area contributed by atoms with E-state index in [9.17, 15) is 9.59 Å². The second-order valence-corrected chi connectivity index (χ2v) is 10.5. The van der Waals surface area contributed by atoms with E-state index in [1.807, 2.05) is 72.8 Å². The highest BCUT2D eigenvalue weighted by atomic mass is 35.5. The Morgan fingerprint density at radius 3 is 2.31 bits per heavy atom. The minimum absolute atomic E-state index is 0.0829. The second kappa shape index (κ2) is 14.9.